The summed E-state index contributed by atoms with van der Waals surface area (Å²) in [5.41, 5.74) is 0.868. The van der Waals surface area contributed by atoms with Crippen LogP contribution in [-0.4, -0.2) is 10.9 Å². The van der Waals surface area contributed by atoms with Gasteiger partial charge in [0.1, 0.15) is 0 Å². The van der Waals surface area contributed by atoms with Crippen molar-refractivity contribution in [1.29, 1.82) is 0 Å². The molecule has 1 aliphatic rings. The van der Waals surface area contributed by atoms with Crippen molar-refractivity contribution in [1.82, 2.24) is 4.98 Å². The van der Waals surface area contributed by atoms with Gasteiger partial charge in [0.2, 0.25) is 5.91 Å². The molecule has 0 radical (unpaired) electrons. The van der Waals surface area contributed by atoms with Gasteiger partial charge in [-0.05, 0) is 41.5 Å². The maximum atomic E-state index is 11.4. The van der Waals surface area contributed by atoms with Crippen LogP contribution < -0.4 is 5.32 Å². The Bertz CT molecular complexity index is 336. The second-order valence-corrected chi connectivity index (χ2v) is 4.28. The van der Waals surface area contributed by atoms with E-state index in [1.165, 1.54) is 0 Å². The van der Waals surface area contributed by atoms with Crippen LogP contribution in [0.5, 0.6) is 0 Å². The third-order valence-electron chi connectivity index (χ3n) is 1.98. The van der Waals surface area contributed by atoms with Crippen LogP contribution in [-0.2, 0) is 4.79 Å². The number of amides is 1. The molecule has 1 saturated carbocycles. The molecule has 1 heterocycles. The van der Waals surface area contributed by atoms with Crippen molar-refractivity contribution in [3.8, 4) is 0 Å². The van der Waals surface area contributed by atoms with Gasteiger partial charge in [0.25, 0.3) is 0 Å². The van der Waals surface area contributed by atoms with Crippen molar-refractivity contribution in [2.75, 3.05) is 5.32 Å². The van der Waals surface area contributed by atoms with E-state index in [0.717, 1.165) is 22.1 Å². The highest BCUT2D eigenvalue weighted by Gasteiger charge is 2.29. The van der Waals surface area contributed by atoms with Crippen LogP contribution in [0.2, 0.25) is 0 Å². The molecule has 1 amide bonds. The summed E-state index contributed by atoms with van der Waals surface area (Å²) < 4.78 is 0.981. The van der Waals surface area contributed by atoms with E-state index in [-0.39, 0.29) is 11.8 Å². The lowest BCUT2D eigenvalue weighted by atomic mass is 10.3. The Balaban J connectivity index is 2.08. The molecule has 2 rings (SSSR count). The van der Waals surface area contributed by atoms with Gasteiger partial charge in [-0.15, -0.1) is 0 Å². The molecule has 3 nitrogen and oxygen atoms in total. The van der Waals surface area contributed by atoms with E-state index in [0.29, 0.717) is 0 Å². The minimum absolute atomic E-state index is 0.143. The Morgan fingerprint density at radius 3 is 3.00 bits per heavy atom. The number of halogens is 1. The predicted molar refractivity (Wildman–Crippen MR) is 58.3 cm³/mol. The third-order valence-corrected chi connectivity index (χ3v) is 2.84. The Kier molecular flexibility index (Phi) is 2.48. The number of carbonyl (C=O) groups excluding carboxylic acids is 1. The fourth-order valence-corrected chi connectivity index (χ4v) is 1.53. The molecule has 1 fully saturated rings. The number of nitrogens with zero attached hydrogens (tertiary/aromatic N) is 1. The largest absolute Gasteiger partial charge is 0.325 e. The van der Waals surface area contributed by atoms with E-state index in [4.69, 9.17) is 0 Å². The molecule has 4 heteroatoms. The molecule has 0 aromatic carbocycles. The van der Waals surface area contributed by atoms with Crippen LogP contribution in [0.3, 0.4) is 0 Å². The second kappa shape index (κ2) is 3.61. The Morgan fingerprint density at radius 1 is 1.62 bits per heavy atom. The molecule has 1 aliphatic carbocycles. The number of aromatic nitrogens is 1. The van der Waals surface area contributed by atoms with E-state index < -0.39 is 0 Å². The fourth-order valence-electron chi connectivity index (χ4n) is 1.06. The number of nitrogens with one attached hydrogen (secondary N) is 1. The highest BCUT2D eigenvalue weighted by molar-refractivity contribution is 14.1. The van der Waals surface area contributed by atoms with Crippen molar-refractivity contribution in [2.45, 2.75) is 12.8 Å². The Morgan fingerprint density at radius 2 is 2.38 bits per heavy atom. The van der Waals surface area contributed by atoms with Gasteiger partial charge in [0, 0.05) is 18.3 Å². The molecule has 1 N–H and O–H groups in total. The maximum Gasteiger partial charge on any atom is 0.227 e. The number of anilines is 1. The summed E-state index contributed by atoms with van der Waals surface area (Å²) in [6.07, 6.45) is 5.49. The highest BCUT2D eigenvalue weighted by Crippen LogP contribution is 2.30. The number of hydrogen-bond donors (Lipinski definition) is 1. The lowest BCUT2D eigenvalue weighted by Crippen LogP contribution is -2.14. The smallest absolute Gasteiger partial charge is 0.227 e. The lowest BCUT2D eigenvalue weighted by Gasteiger charge is -2.04. The van der Waals surface area contributed by atoms with Crippen molar-refractivity contribution < 1.29 is 4.79 Å². The number of hydrogen-bond acceptors (Lipinski definition) is 2. The summed E-state index contributed by atoms with van der Waals surface area (Å²) in [5.74, 6) is 0.396. The van der Waals surface area contributed by atoms with Crippen molar-refractivity contribution in [3.05, 3.63) is 22.0 Å². The third kappa shape index (κ3) is 2.18. The van der Waals surface area contributed by atoms with E-state index >= 15 is 0 Å². The molecule has 0 unspecified atom stereocenters. The minimum atomic E-state index is 0.143. The summed E-state index contributed by atoms with van der Waals surface area (Å²) in [7, 11) is 0. The Labute approximate surface area is 90.1 Å². The lowest BCUT2D eigenvalue weighted by molar-refractivity contribution is -0.117. The van der Waals surface area contributed by atoms with E-state index in [1.54, 1.807) is 12.4 Å². The van der Waals surface area contributed by atoms with Gasteiger partial charge in [0.15, 0.2) is 0 Å². The van der Waals surface area contributed by atoms with Crippen LogP contribution >= 0.6 is 22.6 Å². The van der Waals surface area contributed by atoms with Crippen LogP contribution in [0.4, 0.5) is 5.69 Å². The number of pyridine rings is 1. The molecule has 68 valence electrons. The average Bonchev–Trinajstić information content (AvgIpc) is 2.91. The minimum Gasteiger partial charge on any atom is -0.325 e. The van der Waals surface area contributed by atoms with Gasteiger partial charge in [-0.25, -0.2) is 0 Å². The summed E-state index contributed by atoms with van der Waals surface area (Å²) >= 11 is 2.16. The van der Waals surface area contributed by atoms with Gasteiger partial charge < -0.3 is 5.32 Å². The van der Waals surface area contributed by atoms with Gasteiger partial charge in [-0.3, -0.25) is 9.78 Å². The Hall–Kier alpha value is -0.650. The molecule has 0 bridgehead atoms. The van der Waals surface area contributed by atoms with Crippen LogP contribution in [0.25, 0.3) is 0 Å². The van der Waals surface area contributed by atoms with E-state index in [1.807, 2.05) is 6.07 Å². The quantitative estimate of drug-likeness (QED) is 0.846. The zero-order valence-corrected chi connectivity index (χ0v) is 9.11. The van der Waals surface area contributed by atoms with Gasteiger partial charge in [-0.1, -0.05) is 0 Å². The monoisotopic (exact) mass is 288 g/mol. The number of rotatable bonds is 2. The first-order valence-electron chi connectivity index (χ1n) is 4.18. The first kappa shape index (κ1) is 8.93. The zero-order chi connectivity index (χ0) is 9.26. The molecule has 1 aromatic heterocycles. The normalized spacial score (nSPS) is 15.5. The molecule has 0 saturated heterocycles. The summed E-state index contributed by atoms with van der Waals surface area (Å²) in [6.45, 7) is 0. The summed E-state index contributed by atoms with van der Waals surface area (Å²) in [4.78, 5) is 15.3. The SMILES string of the molecule is O=C(Nc1ccncc1I)C1CC1. The fraction of sp³-hybridized carbons (Fsp3) is 0.333. The molecule has 13 heavy (non-hydrogen) atoms. The van der Waals surface area contributed by atoms with Crippen LogP contribution in [0.15, 0.2) is 18.5 Å². The van der Waals surface area contributed by atoms with Crippen molar-refractivity contribution in [3.63, 3.8) is 0 Å². The maximum absolute atomic E-state index is 11.4. The standard InChI is InChI=1S/C9H9IN2O/c10-7-5-11-4-3-8(7)12-9(13)6-1-2-6/h3-6H,1-2H2,(H,11,12,13). The van der Waals surface area contributed by atoms with Crippen LogP contribution in [0, 0.1) is 9.49 Å². The second-order valence-electron chi connectivity index (χ2n) is 3.12. The molecular weight excluding hydrogens is 279 g/mol. The first-order valence-corrected chi connectivity index (χ1v) is 5.25. The highest BCUT2D eigenvalue weighted by atomic mass is 127. The van der Waals surface area contributed by atoms with E-state index in [9.17, 15) is 4.79 Å². The predicted octanol–water partition coefficient (Wildman–Crippen LogP) is 2.03. The average molecular weight is 288 g/mol. The van der Waals surface area contributed by atoms with Gasteiger partial charge >= 0.3 is 0 Å². The molecular formula is C9H9IN2O. The van der Waals surface area contributed by atoms with Crippen molar-refractivity contribution in [2.24, 2.45) is 5.92 Å². The van der Waals surface area contributed by atoms with Gasteiger partial charge in [-0.2, -0.15) is 0 Å². The molecule has 1 aromatic rings. The van der Waals surface area contributed by atoms with Crippen molar-refractivity contribution >= 4 is 34.2 Å². The van der Waals surface area contributed by atoms with Crippen LogP contribution in [0.1, 0.15) is 12.8 Å². The first-order chi connectivity index (χ1) is 6.27. The molecule has 0 atom stereocenters. The zero-order valence-electron chi connectivity index (χ0n) is 6.96. The number of carbonyl (C=O) groups is 1. The summed E-state index contributed by atoms with van der Waals surface area (Å²) in [5, 5.41) is 2.89. The molecule has 0 aliphatic heterocycles. The summed E-state index contributed by atoms with van der Waals surface area (Å²) in [6, 6.07) is 1.82. The van der Waals surface area contributed by atoms with E-state index in [2.05, 4.69) is 32.9 Å². The topological polar surface area (TPSA) is 42.0 Å². The van der Waals surface area contributed by atoms with Gasteiger partial charge in [0.05, 0.1) is 9.26 Å². The molecule has 0 spiro atoms.